The lowest BCUT2D eigenvalue weighted by Crippen LogP contribution is -2.39. The maximum atomic E-state index is 13.0. The van der Waals surface area contributed by atoms with Crippen molar-refractivity contribution < 1.29 is 4.79 Å². The van der Waals surface area contributed by atoms with Gasteiger partial charge in [0.25, 0.3) is 0 Å². The number of thioether (sulfide) groups is 1. The monoisotopic (exact) mass is 419 g/mol. The van der Waals surface area contributed by atoms with Crippen molar-refractivity contribution in [3.8, 4) is 11.1 Å². The standard InChI is InChI=1S/C25H29N3OS/c1-17-9-6-7-11-20(17)21-15-19(30-5)12-13-22(21)27-24(29)28-23(25(2,3)4)18-10-8-14-26-16-18/h6-16,23H,1-5H3,(H2,27,28,29). The fourth-order valence-electron chi connectivity index (χ4n) is 3.49. The molecule has 0 aliphatic heterocycles. The Morgan fingerprint density at radius 2 is 1.80 bits per heavy atom. The minimum atomic E-state index is -0.231. The van der Waals surface area contributed by atoms with E-state index in [2.05, 4.69) is 67.8 Å². The number of rotatable bonds is 5. The van der Waals surface area contributed by atoms with Crippen LogP contribution in [0.4, 0.5) is 10.5 Å². The van der Waals surface area contributed by atoms with Crippen LogP contribution in [0.2, 0.25) is 0 Å². The lowest BCUT2D eigenvalue weighted by molar-refractivity contribution is 0.229. The Morgan fingerprint density at radius 1 is 1.03 bits per heavy atom. The smallest absolute Gasteiger partial charge is 0.319 e. The summed E-state index contributed by atoms with van der Waals surface area (Å²) in [6.45, 7) is 8.41. The van der Waals surface area contributed by atoms with Crippen molar-refractivity contribution >= 4 is 23.5 Å². The first-order valence-electron chi connectivity index (χ1n) is 10.0. The average molecular weight is 420 g/mol. The molecule has 0 aliphatic rings. The van der Waals surface area contributed by atoms with E-state index in [-0.39, 0.29) is 17.5 Å². The Bertz CT molecular complexity index is 1010. The van der Waals surface area contributed by atoms with E-state index in [4.69, 9.17) is 0 Å². The summed E-state index contributed by atoms with van der Waals surface area (Å²) in [5.41, 5.74) is 4.91. The van der Waals surface area contributed by atoms with Crippen LogP contribution in [0.1, 0.15) is 37.9 Å². The third-order valence-electron chi connectivity index (χ3n) is 5.07. The Balaban J connectivity index is 1.90. The second-order valence-corrected chi connectivity index (χ2v) is 9.29. The molecule has 0 aliphatic carbocycles. The van der Waals surface area contributed by atoms with Crippen molar-refractivity contribution in [1.82, 2.24) is 10.3 Å². The summed E-state index contributed by atoms with van der Waals surface area (Å²) >= 11 is 1.69. The molecule has 2 N–H and O–H groups in total. The number of carbonyl (C=O) groups excluding carboxylic acids is 1. The number of anilines is 1. The summed E-state index contributed by atoms with van der Waals surface area (Å²) in [6, 6.07) is 17.9. The topological polar surface area (TPSA) is 54.0 Å². The largest absolute Gasteiger partial charge is 0.330 e. The van der Waals surface area contributed by atoms with Crippen molar-refractivity contribution in [3.63, 3.8) is 0 Å². The Hall–Kier alpha value is -2.79. The van der Waals surface area contributed by atoms with Gasteiger partial charge in [0.05, 0.1) is 11.7 Å². The first-order valence-corrected chi connectivity index (χ1v) is 11.2. The van der Waals surface area contributed by atoms with E-state index in [1.807, 2.05) is 42.6 Å². The normalized spacial score (nSPS) is 12.3. The summed E-state index contributed by atoms with van der Waals surface area (Å²) in [5.74, 6) is 0. The second-order valence-electron chi connectivity index (χ2n) is 8.41. The lowest BCUT2D eigenvalue weighted by Gasteiger charge is -2.31. The maximum Gasteiger partial charge on any atom is 0.319 e. The van der Waals surface area contributed by atoms with Gasteiger partial charge in [-0.3, -0.25) is 4.98 Å². The van der Waals surface area contributed by atoms with Crippen molar-refractivity contribution in [2.45, 2.75) is 38.6 Å². The van der Waals surface area contributed by atoms with Gasteiger partial charge in [0.1, 0.15) is 0 Å². The molecule has 0 fully saturated rings. The van der Waals surface area contributed by atoms with Gasteiger partial charge >= 0.3 is 6.03 Å². The van der Waals surface area contributed by atoms with Crippen LogP contribution in [0.15, 0.2) is 71.9 Å². The molecule has 0 saturated carbocycles. The predicted molar refractivity (Wildman–Crippen MR) is 127 cm³/mol. The van der Waals surface area contributed by atoms with Crippen molar-refractivity contribution in [1.29, 1.82) is 0 Å². The molecule has 4 nitrogen and oxygen atoms in total. The molecule has 3 rings (SSSR count). The molecule has 3 aromatic rings. The Morgan fingerprint density at radius 3 is 2.43 bits per heavy atom. The highest BCUT2D eigenvalue weighted by Gasteiger charge is 2.28. The number of nitrogens with zero attached hydrogens (tertiary/aromatic N) is 1. The Labute approximate surface area is 183 Å². The van der Waals surface area contributed by atoms with Crippen LogP contribution in [0.25, 0.3) is 11.1 Å². The highest BCUT2D eigenvalue weighted by molar-refractivity contribution is 7.98. The molecule has 0 spiro atoms. The van der Waals surface area contributed by atoms with Crippen LogP contribution in [0, 0.1) is 12.3 Å². The number of nitrogens with one attached hydrogen (secondary N) is 2. The van der Waals surface area contributed by atoms with Gasteiger partial charge in [-0.2, -0.15) is 0 Å². The first kappa shape index (κ1) is 21.9. The minimum absolute atomic E-state index is 0.165. The van der Waals surface area contributed by atoms with E-state index >= 15 is 0 Å². The zero-order valence-electron chi connectivity index (χ0n) is 18.2. The molecule has 2 amide bonds. The minimum Gasteiger partial charge on any atom is -0.330 e. The molecule has 1 atom stereocenters. The molecule has 1 unspecified atom stereocenters. The second kappa shape index (κ2) is 9.35. The summed E-state index contributed by atoms with van der Waals surface area (Å²) in [4.78, 5) is 18.4. The molecule has 1 heterocycles. The van der Waals surface area contributed by atoms with Crippen molar-refractivity contribution in [3.05, 3.63) is 78.1 Å². The molecule has 30 heavy (non-hydrogen) atoms. The number of benzene rings is 2. The lowest BCUT2D eigenvalue weighted by atomic mass is 9.83. The van der Waals surface area contributed by atoms with Crippen LogP contribution >= 0.6 is 11.8 Å². The van der Waals surface area contributed by atoms with Crippen molar-refractivity contribution in [2.24, 2.45) is 5.41 Å². The third-order valence-corrected chi connectivity index (χ3v) is 5.79. The zero-order valence-corrected chi connectivity index (χ0v) is 19.0. The van der Waals surface area contributed by atoms with Gasteiger partial charge in [-0.1, -0.05) is 51.1 Å². The SMILES string of the molecule is CSc1ccc(NC(=O)NC(c2cccnc2)C(C)(C)C)c(-c2ccccc2C)c1. The molecular weight excluding hydrogens is 390 g/mol. The highest BCUT2D eigenvalue weighted by atomic mass is 32.2. The third kappa shape index (κ3) is 5.22. The average Bonchev–Trinajstić information content (AvgIpc) is 2.72. The molecule has 0 saturated heterocycles. The van der Waals surface area contributed by atoms with Gasteiger partial charge in [0.15, 0.2) is 0 Å². The van der Waals surface area contributed by atoms with Crippen LogP contribution in [0.3, 0.4) is 0 Å². The quantitative estimate of drug-likeness (QED) is 0.453. The number of hydrogen-bond acceptors (Lipinski definition) is 3. The number of pyridine rings is 1. The number of hydrogen-bond donors (Lipinski definition) is 2. The van der Waals surface area contributed by atoms with Crippen LogP contribution < -0.4 is 10.6 Å². The van der Waals surface area contributed by atoms with E-state index in [9.17, 15) is 4.79 Å². The number of urea groups is 1. The number of aryl methyl sites for hydroxylation is 1. The summed E-state index contributed by atoms with van der Waals surface area (Å²) in [7, 11) is 0. The van der Waals surface area contributed by atoms with E-state index < -0.39 is 0 Å². The van der Waals surface area contributed by atoms with Gasteiger partial charge in [-0.25, -0.2) is 4.79 Å². The number of carbonyl (C=O) groups is 1. The first-order chi connectivity index (χ1) is 14.3. The molecular formula is C25H29N3OS. The maximum absolute atomic E-state index is 13.0. The van der Waals surface area contributed by atoms with Crippen LogP contribution in [-0.2, 0) is 0 Å². The van der Waals surface area contributed by atoms with Gasteiger partial charge < -0.3 is 10.6 Å². The number of aromatic nitrogens is 1. The van der Waals surface area contributed by atoms with E-state index in [0.29, 0.717) is 0 Å². The van der Waals surface area contributed by atoms with E-state index in [0.717, 1.165) is 27.3 Å². The summed E-state index contributed by atoms with van der Waals surface area (Å²) in [5, 5.41) is 6.23. The molecule has 1 aromatic heterocycles. The molecule has 0 bridgehead atoms. The zero-order chi connectivity index (χ0) is 21.7. The summed E-state index contributed by atoms with van der Waals surface area (Å²) in [6.07, 6.45) is 5.60. The van der Waals surface area contributed by atoms with Gasteiger partial charge in [-0.15, -0.1) is 11.8 Å². The molecule has 0 radical (unpaired) electrons. The van der Waals surface area contributed by atoms with E-state index in [1.165, 1.54) is 5.56 Å². The van der Waals surface area contributed by atoms with E-state index in [1.54, 1.807) is 18.0 Å². The summed E-state index contributed by atoms with van der Waals surface area (Å²) < 4.78 is 0. The molecule has 156 valence electrons. The molecule has 5 heteroatoms. The fraction of sp³-hybridized carbons (Fsp3) is 0.280. The van der Waals surface area contributed by atoms with Crippen LogP contribution in [0.5, 0.6) is 0 Å². The van der Waals surface area contributed by atoms with Gasteiger partial charge in [0.2, 0.25) is 0 Å². The Kier molecular flexibility index (Phi) is 6.83. The van der Waals surface area contributed by atoms with Crippen molar-refractivity contribution in [2.75, 3.05) is 11.6 Å². The fourth-order valence-corrected chi connectivity index (χ4v) is 3.93. The van der Waals surface area contributed by atoms with Gasteiger partial charge in [0, 0.05) is 22.9 Å². The number of amides is 2. The van der Waals surface area contributed by atoms with Crippen LogP contribution in [-0.4, -0.2) is 17.3 Å². The van der Waals surface area contributed by atoms with Gasteiger partial charge in [-0.05, 0) is 59.6 Å². The molecule has 2 aromatic carbocycles. The highest BCUT2D eigenvalue weighted by Crippen LogP contribution is 2.35. The predicted octanol–water partition coefficient (Wildman–Crippen LogP) is 6.69.